The van der Waals surface area contributed by atoms with Crippen LogP contribution < -0.4 is 17.0 Å². The summed E-state index contributed by atoms with van der Waals surface area (Å²) in [7, 11) is 0. The van der Waals surface area contributed by atoms with Crippen LogP contribution in [0.25, 0.3) is 0 Å². The van der Waals surface area contributed by atoms with E-state index in [2.05, 4.69) is 20.8 Å². The monoisotopic (exact) mass is 253 g/mol. The Morgan fingerprint density at radius 2 is 1.54 bits per heavy atom. The zero-order valence-corrected chi connectivity index (χ0v) is 10.6. The van der Waals surface area contributed by atoms with E-state index < -0.39 is 0 Å². The lowest BCUT2D eigenvalue weighted by Crippen LogP contribution is -3.00. The maximum atomic E-state index is 10.6. The van der Waals surface area contributed by atoms with Gasteiger partial charge in [-0.2, -0.15) is 0 Å². The summed E-state index contributed by atoms with van der Waals surface area (Å²) in [5.74, 6) is -0.187. The van der Waals surface area contributed by atoms with Gasteiger partial charge in [0.05, 0.1) is 19.6 Å². The van der Waals surface area contributed by atoms with Gasteiger partial charge in [0.15, 0.2) is 0 Å². The highest BCUT2D eigenvalue weighted by Crippen LogP contribution is 2.05. The van der Waals surface area contributed by atoms with Crippen molar-refractivity contribution in [1.29, 1.82) is 0 Å². The molecule has 3 nitrogen and oxygen atoms in total. The molecule has 0 rings (SSSR count). The highest BCUT2D eigenvalue weighted by molar-refractivity contribution is 5.65. The van der Waals surface area contributed by atoms with Gasteiger partial charge in [-0.1, -0.05) is 0 Å². The molecule has 0 aromatic heterocycles. The molecule has 0 bridgehead atoms. The summed E-state index contributed by atoms with van der Waals surface area (Å²) in [5, 5.41) is 0. The summed E-state index contributed by atoms with van der Waals surface area (Å²) < 4.78 is 5.87. The summed E-state index contributed by atoms with van der Waals surface area (Å²) in [6, 6.07) is 0. The average molecular weight is 254 g/mol. The molecule has 0 saturated heterocycles. The SMILES string of the molecule is CC[N+](CC)(CC)COC(C)=O.[Br-]. The standard InChI is InChI=1S/C9H20NO2.BrH/c1-5-10(6-2,7-3)8-12-9(4)11;/h5-8H2,1-4H3;1H/q+1;/p-1. The second-order valence-electron chi connectivity index (χ2n) is 3.06. The predicted octanol–water partition coefficient (Wildman–Crippen LogP) is -1.61. The molecule has 0 aliphatic carbocycles. The van der Waals surface area contributed by atoms with Crippen molar-refractivity contribution >= 4 is 5.97 Å². The molecule has 0 heterocycles. The third-order valence-electron chi connectivity index (χ3n) is 2.55. The first kappa shape index (κ1) is 15.4. The van der Waals surface area contributed by atoms with E-state index >= 15 is 0 Å². The van der Waals surface area contributed by atoms with E-state index in [4.69, 9.17) is 4.74 Å². The number of carbonyl (C=O) groups excluding carboxylic acids is 1. The van der Waals surface area contributed by atoms with Crippen LogP contribution in [0.3, 0.4) is 0 Å². The van der Waals surface area contributed by atoms with E-state index in [0.717, 1.165) is 24.1 Å². The molecule has 0 radical (unpaired) electrons. The Balaban J connectivity index is 0. The molecule has 0 N–H and O–H groups in total. The lowest BCUT2D eigenvalue weighted by molar-refractivity contribution is -0.938. The van der Waals surface area contributed by atoms with Gasteiger partial charge in [0.25, 0.3) is 0 Å². The van der Waals surface area contributed by atoms with Crippen LogP contribution in [-0.4, -0.2) is 36.8 Å². The van der Waals surface area contributed by atoms with Gasteiger partial charge in [-0.25, -0.2) is 0 Å². The van der Waals surface area contributed by atoms with Crippen LogP contribution >= 0.6 is 0 Å². The minimum atomic E-state index is -0.187. The molecule has 0 aromatic rings. The normalized spacial score (nSPS) is 10.5. The third kappa shape index (κ3) is 5.26. The summed E-state index contributed by atoms with van der Waals surface area (Å²) in [6.45, 7) is 11.4. The molecule has 0 saturated carbocycles. The lowest BCUT2D eigenvalue weighted by atomic mass is 10.4. The number of rotatable bonds is 5. The van der Waals surface area contributed by atoms with Crippen LogP contribution in [0.4, 0.5) is 0 Å². The first-order valence-corrected chi connectivity index (χ1v) is 4.58. The Labute approximate surface area is 91.4 Å². The molecule has 0 aliphatic rings. The number of hydrogen-bond donors (Lipinski definition) is 0. The topological polar surface area (TPSA) is 26.3 Å². The Morgan fingerprint density at radius 3 is 1.77 bits per heavy atom. The van der Waals surface area contributed by atoms with Gasteiger partial charge in [0.2, 0.25) is 6.73 Å². The summed E-state index contributed by atoms with van der Waals surface area (Å²) in [6.07, 6.45) is 0. The average Bonchev–Trinajstić information content (AvgIpc) is 2.08. The fraction of sp³-hybridized carbons (Fsp3) is 0.889. The molecule has 0 spiro atoms. The quantitative estimate of drug-likeness (QED) is 0.335. The van der Waals surface area contributed by atoms with Crippen molar-refractivity contribution in [3.05, 3.63) is 0 Å². The molecule has 0 aliphatic heterocycles. The van der Waals surface area contributed by atoms with Crippen molar-refractivity contribution in [2.75, 3.05) is 26.4 Å². The number of esters is 1. The highest BCUT2D eigenvalue weighted by Gasteiger charge is 2.21. The molecule has 0 amide bonds. The fourth-order valence-electron chi connectivity index (χ4n) is 1.17. The minimum absolute atomic E-state index is 0. The molecule has 80 valence electrons. The van der Waals surface area contributed by atoms with Crippen molar-refractivity contribution in [2.24, 2.45) is 0 Å². The van der Waals surface area contributed by atoms with Crippen molar-refractivity contribution in [3.8, 4) is 0 Å². The van der Waals surface area contributed by atoms with Crippen LogP contribution in [0.2, 0.25) is 0 Å². The van der Waals surface area contributed by atoms with Gasteiger partial charge in [-0.3, -0.25) is 9.28 Å². The molecule has 0 atom stereocenters. The second kappa shape index (κ2) is 7.33. The number of halogens is 1. The molecule has 0 fully saturated rings. The first-order valence-electron chi connectivity index (χ1n) is 4.58. The molecule has 0 aromatic carbocycles. The maximum absolute atomic E-state index is 10.6. The zero-order valence-electron chi connectivity index (χ0n) is 8.97. The largest absolute Gasteiger partial charge is 1.00 e. The highest BCUT2D eigenvalue weighted by atomic mass is 79.9. The smallest absolute Gasteiger partial charge is 0.306 e. The number of ether oxygens (including phenoxy) is 1. The zero-order chi connectivity index (χ0) is 9.61. The summed E-state index contributed by atoms with van der Waals surface area (Å²) in [5.41, 5.74) is 0. The number of nitrogens with zero attached hydrogens (tertiary/aromatic N) is 1. The van der Waals surface area contributed by atoms with Gasteiger partial charge in [0, 0.05) is 6.92 Å². The molecule has 0 unspecified atom stereocenters. The van der Waals surface area contributed by atoms with Crippen LogP contribution in [0.15, 0.2) is 0 Å². The van der Waals surface area contributed by atoms with Gasteiger partial charge in [-0.05, 0) is 20.8 Å². The maximum Gasteiger partial charge on any atom is 0.306 e. The second-order valence-corrected chi connectivity index (χ2v) is 3.06. The predicted molar refractivity (Wildman–Crippen MR) is 48.5 cm³/mol. The summed E-state index contributed by atoms with van der Waals surface area (Å²) >= 11 is 0. The third-order valence-corrected chi connectivity index (χ3v) is 2.55. The Hall–Kier alpha value is -0.0900. The van der Waals surface area contributed by atoms with Crippen LogP contribution in [-0.2, 0) is 9.53 Å². The number of carbonyl (C=O) groups is 1. The minimum Gasteiger partial charge on any atom is -1.00 e. The Morgan fingerprint density at radius 1 is 1.15 bits per heavy atom. The lowest BCUT2D eigenvalue weighted by Gasteiger charge is -2.34. The van der Waals surface area contributed by atoms with Gasteiger partial charge in [0.1, 0.15) is 0 Å². The van der Waals surface area contributed by atoms with E-state index in [1.165, 1.54) is 6.92 Å². The fourth-order valence-corrected chi connectivity index (χ4v) is 1.17. The van der Waals surface area contributed by atoms with Crippen molar-refractivity contribution in [1.82, 2.24) is 0 Å². The van der Waals surface area contributed by atoms with Crippen molar-refractivity contribution < 1.29 is 31.0 Å². The van der Waals surface area contributed by atoms with Crippen LogP contribution in [0, 0.1) is 0 Å². The van der Waals surface area contributed by atoms with Gasteiger partial charge >= 0.3 is 5.97 Å². The van der Waals surface area contributed by atoms with E-state index in [9.17, 15) is 4.79 Å². The van der Waals surface area contributed by atoms with Crippen molar-refractivity contribution in [2.45, 2.75) is 27.7 Å². The van der Waals surface area contributed by atoms with Gasteiger partial charge in [-0.15, -0.1) is 0 Å². The number of hydrogen-bond acceptors (Lipinski definition) is 2. The van der Waals surface area contributed by atoms with Crippen LogP contribution in [0.1, 0.15) is 27.7 Å². The molecular formula is C9H20BrNO2. The van der Waals surface area contributed by atoms with E-state index in [1.54, 1.807) is 0 Å². The first-order chi connectivity index (χ1) is 5.60. The van der Waals surface area contributed by atoms with Crippen LogP contribution in [0.5, 0.6) is 0 Å². The van der Waals surface area contributed by atoms with Crippen molar-refractivity contribution in [3.63, 3.8) is 0 Å². The Kier molecular flexibility index (Phi) is 8.67. The van der Waals surface area contributed by atoms with Gasteiger partial charge < -0.3 is 21.7 Å². The molecular weight excluding hydrogens is 234 g/mol. The van der Waals surface area contributed by atoms with E-state index in [0.29, 0.717) is 6.73 Å². The Bertz CT molecular complexity index is 138. The molecule has 13 heavy (non-hydrogen) atoms. The van der Waals surface area contributed by atoms with E-state index in [1.807, 2.05) is 0 Å². The number of quaternary nitrogens is 1. The summed E-state index contributed by atoms with van der Waals surface area (Å²) in [4.78, 5) is 10.6. The van der Waals surface area contributed by atoms with E-state index in [-0.39, 0.29) is 23.0 Å². The molecule has 4 heteroatoms.